The molecule has 1 aromatic carbocycles. The second kappa shape index (κ2) is 10.6. The summed E-state index contributed by atoms with van der Waals surface area (Å²) in [6.07, 6.45) is 4.69. The van der Waals surface area contributed by atoms with E-state index in [-0.39, 0.29) is 0 Å². The monoisotopic (exact) mass is 498 g/mol. The Labute approximate surface area is 216 Å². The summed E-state index contributed by atoms with van der Waals surface area (Å²) in [4.78, 5) is 26.4. The lowest BCUT2D eigenvalue weighted by molar-refractivity contribution is -0.109. The molecule has 5 heterocycles. The number of carbonyl (C=O) groups excluding carboxylic acids is 1. The number of anilines is 4. The number of aromatic nitrogens is 2. The molecule has 0 bridgehead atoms. The molecule has 0 aliphatic carbocycles. The van der Waals surface area contributed by atoms with Gasteiger partial charge in [0.2, 0.25) is 0 Å². The first-order chi connectivity index (χ1) is 18.3. The highest BCUT2D eigenvalue weighted by molar-refractivity contribution is 5.80. The van der Waals surface area contributed by atoms with Gasteiger partial charge in [-0.15, -0.1) is 0 Å². The van der Waals surface area contributed by atoms with Gasteiger partial charge in [-0.1, -0.05) is 6.07 Å². The fraction of sp³-hybridized carbons (Fsp3) is 0.321. The van der Waals surface area contributed by atoms with Gasteiger partial charge in [-0.25, -0.2) is 9.97 Å². The highest BCUT2D eigenvalue weighted by Crippen LogP contribution is 2.34. The Hall–Kier alpha value is -3.95. The van der Waals surface area contributed by atoms with Crippen LogP contribution in [0.4, 0.5) is 23.0 Å². The number of morpholine rings is 2. The summed E-state index contributed by atoms with van der Waals surface area (Å²) >= 11 is 0. The lowest BCUT2D eigenvalue weighted by Gasteiger charge is -2.29. The van der Waals surface area contributed by atoms with E-state index in [0.717, 1.165) is 85.4 Å². The van der Waals surface area contributed by atoms with Gasteiger partial charge >= 0.3 is 0 Å². The standard InChI is InChI=1S/C28H30N6O3/c35-19-25-27-20(8-9-29-25)18-24(23-2-1-3-26(31-23)34-12-16-37-17-13-34)32-28(27)30-21-4-6-22(7-5-21)33-10-14-36-15-11-33/h1-9,18-19,25,29H,10-17H2,(H,30,32). The van der Waals surface area contributed by atoms with Gasteiger partial charge < -0.3 is 34.7 Å². The van der Waals surface area contributed by atoms with Gasteiger partial charge in [0.1, 0.15) is 24.0 Å². The van der Waals surface area contributed by atoms with Gasteiger partial charge in [0.25, 0.3) is 0 Å². The lowest BCUT2D eigenvalue weighted by atomic mass is 9.97. The van der Waals surface area contributed by atoms with Crippen molar-refractivity contribution in [3.63, 3.8) is 0 Å². The number of hydrogen-bond donors (Lipinski definition) is 2. The Morgan fingerprint density at radius 3 is 2.35 bits per heavy atom. The summed E-state index contributed by atoms with van der Waals surface area (Å²) in [7, 11) is 0. The Morgan fingerprint density at radius 1 is 0.892 bits per heavy atom. The fourth-order valence-corrected chi connectivity index (χ4v) is 4.95. The number of ether oxygens (including phenoxy) is 2. The van der Waals surface area contributed by atoms with Crippen LogP contribution in [-0.2, 0) is 14.3 Å². The van der Waals surface area contributed by atoms with Gasteiger partial charge in [-0.3, -0.25) is 0 Å². The zero-order valence-corrected chi connectivity index (χ0v) is 20.6. The molecule has 2 saturated heterocycles. The maximum Gasteiger partial charge on any atom is 0.146 e. The smallest absolute Gasteiger partial charge is 0.146 e. The Balaban J connectivity index is 1.34. The molecule has 0 amide bonds. The van der Waals surface area contributed by atoms with E-state index in [4.69, 9.17) is 19.4 Å². The summed E-state index contributed by atoms with van der Waals surface area (Å²) in [6, 6.07) is 15.8. The zero-order chi connectivity index (χ0) is 25.0. The molecule has 1 unspecified atom stereocenters. The van der Waals surface area contributed by atoms with Crippen molar-refractivity contribution in [1.29, 1.82) is 0 Å². The van der Waals surface area contributed by atoms with Gasteiger partial charge in [-0.05, 0) is 60.3 Å². The second-order valence-electron chi connectivity index (χ2n) is 9.22. The van der Waals surface area contributed by atoms with E-state index in [1.54, 1.807) is 0 Å². The average molecular weight is 499 g/mol. The van der Waals surface area contributed by atoms with Crippen LogP contribution >= 0.6 is 0 Å². The van der Waals surface area contributed by atoms with Crippen molar-refractivity contribution in [2.75, 3.05) is 67.7 Å². The van der Waals surface area contributed by atoms with Crippen LogP contribution in [0.25, 0.3) is 17.5 Å². The minimum Gasteiger partial charge on any atom is -0.378 e. The third-order valence-corrected chi connectivity index (χ3v) is 6.91. The molecule has 2 aromatic heterocycles. The molecule has 2 N–H and O–H groups in total. The van der Waals surface area contributed by atoms with Crippen LogP contribution in [0, 0.1) is 0 Å². The molecule has 190 valence electrons. The van der Waals surface area contributed by atoms with Crippen LogP contribution < -0.4 is 20.4 Å². The number of carbonyl (C=O) groups is 1. The largest absolute Gasteiger partial charge is 0.378 e. The molecule has 3 aliphatic rings. The van der Waals surface area contributed by atoms with Crippen molar-refractivity contribution >= 4 is 35.4 Å². The van der Waals surface area contributed by atoms with Crippen molar-refractivity contribution in [2.45, 2.75) is 6.04 Å². The molecule has 9 heteroatoms. The molecule has 9 nitrogen and oxygen atoms in total. The number of fused-ring (bicyclic) bond motifs is 1. The lowest BCUT2D eigenvalue weighted by Crippen LogP contribution is -2.36. The Morgan fingerprint density at radius 2 is 1.62 bits per heavy atom. The highest BCUT2D eigenvalue weighted by atomic mass is 16.5. The van der Waals surface area contributed by atoms with Crippen LogP contribution in [-0.4, -0.2) is 68.9 Å². The molecule has 6 rings (SSSR count). The van der Waals surface area contributed by atoms with E-state index >= 15 is 0 Å². The number of benzene rings is 1. The first-order valence-corrected chi connectivity index (χ1v) is 12.7. The minimum atomic E-state index is -0.482. The molecule has 1 atom stereocenters. The summed E-state index contributed by atoms with van der Waals surface area (Å²) in [6.45, 7) is 6.30. The van der Waals surface area contributed by atoms with Crippen molar-refractivity contribution in [3.8, 4) is 11.4 Å². The van der Waals surface area contributed by atoms with Gasteiger partial charge in [0, 0.05) is 43.1 Å². The van der Waals surface area contributed by atoms with Crippen LogP contribution in [0.5, 0.6) is 0 Å². The normalized spacial score (nSPS) is 19.2. The average Bonchev–Trinajstić information content (AvgIpc) is 2.98. The minimum absolute atomic E-state index is 0.482. The molecule has 2 fully saturated rings. The predicted octanol–water partition coefficient (Wildman–Crippen LogP) is 3.37. The van der Waals surface area contributed by atoms with Crippen LogP contribution in [0.2, 0.25) is 0 Å². The molecule has 0 radical (unpaired) electrons. The number of rotatable bonds is 6. The molecule has 3 aromatic rings. The summed E-state index contributed by atoms with van der Waals surface area (Å²) < 4.78 is 11.0. The third-order valence-electron chi connectivity index (χ3n) is 6.91. The van der Waals surface area contributed by atoms with Crippen molar-refractivity contribution in [3.05, 3.63) is 65.9 Å². The number of nitrogens with one attached hydrogen (secondary N) is 2. The SMILES string of the molecule is O=CC1NC=Cc2cc(-c3cccc(N4CCOCC4)n3)nc(Nc3ccc(N4CCOCC4)cc3)c21. The summed E-state index contributed by atoms with van der Waals surface area (Å²) in [5, 5.41) is 6.61. The van der Waals surface area contributed by atoms with Gasteiger partial charge in [0.05, 0.1) is 37.8 Å². The van der Waals surface area contributed by atoms with E-state index < -0.39 is 6.04 Å². The van der Waals surface area contributed by atoms with Crippen molar-refractivity contribution < 1.29 is 14.3 Å². The maximum absolute atomic E-state index is 11.9. The summed E-state index contributed by atoms with van der Waals surface area (Å²) in [5.41, 5.74) is 5.36. The fourth-order valence-electron chi connectivity index (χ4n) is 4.95. The second-order valence-corrected chi connectivity index (χ2v) is 9.22. The first kappa shape index (κ1) is 23.4. The van der Waals surface area contributed by atoms with Crippen LogP contribution in [0.1, 0.15) is 17.2 Å². The van der Waals surface area contributed by atoms with E-state index in [9.17, 15) is 4.79 Å². The molecule has 3 aliphatic heterocycles. The van der Waals surface area contributed by atoms with E-state index in [1.165, 1.54) is 0 Å². The molecule has 0 saturated carbocycles. The molecular formula is C28H30N6O3. The number of hydrogen-bond acceptors (Lipinski definition) is 9. The van der Waals surface area contributed by atoms with Crippen LogP contribution in [0.15, 0.2) is 54.7 Å². The van der Waals surface area contributed by atoms with E-state index in [2.05, 4.69) is 32.6 Å². The Bertz CT molecular complexity index is 1280. The van der Waals surface area contributed by atoms with Gasteiger partial charge in [0.15, 0.2) is 0 Å². The number of pyridine rings is 2. The van der Waals surface area contributed by atoms with E-state index in [0.29, 0.717) is 19.0 Å². The molecule has 37 heavy (non-hydrogen) atoms. The third kappa shape index (κ3) is 5.00. The van der Waals surface area contributed by atoms with E-state index in [1.807, 2.05) is 48.7 Å². The van der Waals surface area contributed by atoms with Gasteiger partial charge in [-0.2, -0.15) is 0 Å². The Kier molecular flexibility index (Phi) is 6.70. The maximum atomic E-state index is 11.9. The summed E-state index contributed by atoms with van der Waals surface area (Å²) in [5.74, 6) is 1.55. The highest BCUT2D eigenvalue weighted by Gasteiger charge is 2.23. The topological polar surface area (TPSA) is 91.9 Å². The van der Waals surface area contributed by atoms with Crippen LogP contribution in [0.3, 0.4) is 0 Å². The quantitative estimate of drug-likeness (QED) is 0.496. The van der Waals surface area contributed by atoms with Crippen molar-refractivity contribution in [1.82, 2.24) is 15.3 Å². The first-order valence-electron chi connectivity index (χ1n) is 12.7. The number of aldehydes is 1. The van der Waals surface area contributed by atoms with Crippen molar-refractivity contribution in [2.24, 2.45) is 0 Å². The zero-order valence-electron chi connectivity index (χ0n) is 20.6. The number of nitrogens with zero attached hydrogens (tertiary/aromatic N) is 4. The predicted molar refractivity (Wildman–Crippen MR) is 144 cm³/mol. The molecule has 0 spiro atoms. The molecular weight excluding hydrogens is 468 g/mol.